The summed E-state index contributed by atoms with van der Waals surface area (Å²) in [5.74, 6) is 0.765. The first-order valence-electron chi connectivity index (χ1n) is 5.06. The van der Waals surface area contributed by atoms with Crippen LogP contribution in [0.15, 0.2) is 24.3 Å². The summed E-state index contributed by atoms with van der Waals surface area (Å²) >= 11 is 0. The molecule has 1 N–H and O–H groups in total. The van der Waals surface area contributed by atoms with Crippen LogP contribution < -0.4 is 5.32 Å². The average Bonchev–Trinajstić information content (AvgIpc) is 2.24. The summed E-state index contributed by atoms with van der Waals surface area (Å²) in [5.41, 5.74) is 1.79. The fourth-order valence-corrected chi connectivity index (χ4v) is 1.77. The van der Waals surface area contributed by atoms with Crippen molar-refractivity contribution in [1.29, 1.82) is 5.26 Å². The number of nitrogens with zero attached hydrogens (tertiary/aromatic N) is 1. The molecule has 1 aromatic rings. The van der Waals surface area contributed by atoms with Gasteiger partial charge in [-0.15, -0.1) is 0 Å². The summed E-state index contributed by atoms with van der Waals surface area (Å²) in [6.07, 6.45) is 2.56. The minimum Gasteiger partial charge on any atom is -0.382 e. The van der Waals surface area contributed by atoms with Crippen LogP contribution >= 0.6 is 0 Å². The van der Waals surface area contributed by atoms with Gasteiger partial charge < -0.3 is 5.32 Å². The maximum absolute atomic E-state index is 8.74. The smallest absolute Gasteiger partial charge is 0.0992 e. The maximum atomic E-state index is 8.74. The number of rotatable bonds is 2. The summed E-state index contributed by atoms with van der Waals surface area (Å²) in [7, 11) is 0. The molecule has 72 valence electrons. The van der Waals surface area contributed by atoms with Gasteiger partial charge in [-0.25, -0.2) is 0 Å². The molecule has 2 unspecified atom stereocenters. The zero-order valence-electron chi connectivity index (χ0n) is 8.33. The van der Waals surface area contributed by atoms with Gasteiger partial charge in [0.25, 0.3) is 0 Å². The van der Waals surface area contributed by atoms with E-state index < -0.39 is 0 Å². The van der Waals surface area contributed by atoms with Gasteiger partial charge in [-0.3, -0.25) is 0 Å². The molecule has 2 rings (SSSR count). The molecule has 0 aliphatic heterocycles. The molecule has 0 spiro atoms. The molecule has 0 saturated heterocycles. The van der Waals surface area contributed by atoms with Gasteiger partial charge >= 0.3 is 0 Å². The number of hydrogen-bond acceptors (Lipinski definition) is 2. The van der Waals surface area contributed by atoms with E-state index >= 15 is 0 Å². The normalized spacial score (nSPS) is 24.9. The lowest BCUT2D eigenvalue weighted by Crippen LogP contribution is -2.36. The summed E-state index contributed by atoms with van der Waals surface area (Å²) in [4.78, 5) is 0. The Bertz CT molecular complexity index is 365. The highest BCUT2D eigenvalue weighted by molar-refractivity contribution is 5.50. The summed E-state index contributed by atoms with van der Waals surface area (Å²) in [6, 6.07) is 10.4. The molecule has 14 heavy (non-hydrogen) atoms. The molecule has 0 bridgehead atoms. The number of anilines is 1. The Balaban J connectivity index is 2.06. The lowest BCUT2D eigenvalue weighted by molar-refractivity contribution is 0.303. The topological polar surface area (TPSA) is 35.8 Å². The van der Waals surface area contributed by atoms with Gasteiger partial charge in [-0.05, 0) is 37.0 Å². The fraction of sp³-hybridized carbons (Fsp3) is 0.417. The van der Waals surface area contributed by atoms with Crippen molar-refractivity contribution in [3.63, 3.8) is 0 Å². The van der Waals surface area contributed by atoms with Gasteiger partial charge in [0.2, 0.25) is 0 Å². The van der Waals surface area contributed by atoms with Crippen molar-refractivity contribution in [2.24, 2.45) is 5.92 Å². The van der Waals surface area contributed by atoms with Crippen molar-refractivity contribution in [2.75, 3.05) is 5.32 Å². The molecular formula is C12H14N2. The maximum Gasteiger partial charge on any atom is 0.0992 e. The second kappa shape index (κ2) is 3.71. The summed E-state index contributed by atoms with van der Waals surface area (Å²) in [5, 5.41) is 12.2. The Hall–Kier alpha value is -1.49. The first kappa shape index (κ1) is 9.08. The fourth-order valence-electron chi connectivity index (χ4n) is 1.77. The zero-order chi connectivity index (χ0) is 9.97. The molecule has 2 heteroatoms. The standard InChI is InChI=1S/C12H14N2/c1-9-5-6-12(9)14-11-4-2-3-10(7-11)8-13/h2-4,7,9,12,14H,5-6H2,1H3. The van der Waals surface area contributed by atoms with E-state index in [0.717, 1.165) is 17.2 Å². The Morgan fingerprint density at radius 1 is 1.43 bits per heavy atom. The minimum atomic E-state index is 0.601. The molecule has 2 atom stereocenters. The Morgan fingerprint density at radius 3 is 2.86 bits per heavy atom. The predicted molar refractivity (Wildman–Crippen MR) is 57.0 cm³/mol. The van der Waals surface area contributed by atoms with Crippen LogP contribution in [0.2, 0.25) is 0 Å². The van der Waals surface area contributed by atoms with E-state index in [1.807, 2.05) is 24.3 Å². The number of nitriles is 1. The summed E-state index contributed by atoms with van der Waals surface area (Å²) < 4.78 is 0. The first-order chi connectivity index (χ1) is 6.79. The lowest BCUT2D eigenvalue weighted by atomic mass is 9.81. The average molecular weight is 186 g/mol. The third kappa shape index (κ3) is 1.72. The number of benzene rings is 1. The van der Waals surface area contributed by atoms with Crippen LogP contribution in [-0.2, 0) is 0 Å². The van der Waals surface area contributed by atoms with Crippen LogP contribution in [0.4, 0.5) is 5.69 Å². The van der Waals surface area contributed by atoms with Gasteiger partial charge in [0.1, 0.15) is 0 Å². The number of hydrogen-bond donors (Lipinski definition) is 1. The molecule has 2 nitrogen and oxygen atoms in total. The Kier molecular flexibility index (Phi) is 2.41. The van der Waals surface area contributed by atoms with Gasteiger partial charge in [-0.2, -0.15) is 5.26 Å². The molecule has 0 amide bonds. The number of nitrogens with one attached hydrogen (secondary N) is 1. The molecule has 1 aliphatic rings. The van der Waals surface area contributed by atoms with Crippen LogP contribution in [-0.4, -0.2) is 6.04 Å². The van der Waals surface area contributed by atoms with Crippen molar-refractivity contribution in [2.45, 2.75) is 25.8 Å². The highest BCUT2D eigenvalue weighted by atomic mass is 14.9. The quantitative estimate of drug-likeness (QED) is 0.770. The van der Waals surface area contributed by atoms with E-state index in [0.29, 0.717) is 6.04 Å². The van der Waals surface area contributed by atoms with Gasteiger partial charge in [0, 0.05) is 11.7 Å². The lowest BCUT2D eigenvalue weighted by Gasteiger charge is -2.35. The molecule has 1 aromatic carbocycles. The van der Waals surface area contributed by atoms with Crippen molar-refractivity contribution in [1.82, 2.24) is 0 Å². The zero-order valence-corrected chi connectivity index (χ0v) is 8.33. The van der Waals surface area contributed by atoms with Crippen molar-refractivity contribution < 1.29 is 0 Å². The van der Waals surface area contributed by atoms with E-state index in [1.54, 1.807) is 0 Å². The van der Waals surface area contributed by atoms with E-state index in [-0.39, 0.29) is 0 Å². The molecule has 1 saturated carbocycles. The highest BCUT2D eigenvalue weighted by Crippen LogP contribution is 2.29. The van der Waals surface area contributed by atoms with E-state index in [2.05, 4.69) is 18.3 Å². The third-order valence-electron chi connectivity index (χ3n) is 2.96. The molecule has 1 aliphatic carbocycles. The minimum absolute atomic E-state index is 0.601. The van der Waals surface area contributed by atoms with Crippen LogP contribution in [0, 0.1) is 17.2 Å². The van der Waals surface area contributed by atoms with Crippen LogP contribution in [0.25, 0.3) is 0 Å². The van der Waals surface area contributed by atoms with E-state index in [4.69, 9.17) is 5.26 Å². The van der Waals surface area contributed by atoms with Gasteiger partial charge in [0.15, 0.2) is 0 Å². The SMILES string of the molecule is CC1CCC1Nc1cccc(C#N)c1. The van der Waals surface area contributed by atoms with Crippen molar-refractivity contribution in [3.05, 3.63) is 29.8 Å². The first-order valence-corrected chi connectivity index (χ1v) is 5.06. The Labute approximate surface area is 84.6 Å². The van der Waals surface area contributed by atoms with Crippen LogP contribution in [0.1, 0.15) is 25.3 Å². The predicted octanol–water partition coefficient (Wildman–Crippen LogP) is 2.77. The molecular weight excluding hydrogens is 172 g/mol. The van der Waals surface area contributed by atoms with Crippen molar-refractivity contribution in [3.8, 4) is 6.07 Å². The molecule has 0 heterocycles. The van der Waals surface area contributed by atoms with E-state index in [9.17, 15) is 0 Å². The molecule has 0 aromatic heterocycles. The molecule has 0 radical (unpaired) electrons. The second-order valence-electron chi connectivity index (χ2n) is 4.00. The largest absolute Gasteiger partial charge is 0.382 e. The molecule has 1 fully saturated rings. The van der Waals surface area contributed by atoms with Crippen LogP contribution in [0.5, 0.6) is 0 Å². The second-order valence-corrected chi connectivity index (χ2v) is 4.00. The Morgan fingerprint density at radius 2 is 2.29 bits per heavy atom. The van der Waals surface area contributed by atoms with Crippen molar-refractivity contribution >= 4 is 5.69 Å². The highest BCUT2D eigenvalue weighted by Gasteiger charge is 2.26. The van der Waals surface area contributed by atoms with E-state index in [1.165, 1.54) is 12.8 Å². The van der Waals surface area contributed by atoms with Gasteiger partial charge in [0.05, 0.1) is 11.6 Å². The summed E-state index contributed by atoms with van der Waals surface area (Å²) in [6.45, 7) is 2.26. The third-order valence-corrected chi connectivity index (χ3v) is 2.96. The monoisotopic (exact) mass is 186 g/mol. The van der Waals surface area contributed by atoms with Crippen LogP contribution in [0.3, 0.4) is 0 Å². The van der Waals surface area contributed by atoms with Gasteiger partial charge in [-0.1, -0.05) is 13.0 Å².